The lowest BCUT2D eigenvalue weighted by molar-refractivity contribution is 0.363. The molecule has 0 amide bonds. The maximum absolute atomic E-state index is 12.3. The van der Waals surface area contributed by atoms with E-state index in [1.807, 2.05) is 24.3 Å². The molecule has 2 saturated carbocycles. The molecule has 2 aliphatic rings. The topological polar surface area (TPSA) is 43.1 Å². The fraction of sp³-hybridized carbons (Fsp3) is 0.571. The lowest BCUT2D eigenvalue weighted by Crippen LogP contribution is -2.17. The largest absolute Gasteiger partial charge is 0.399 e. The number of fused-ring (bicyclic) bond motifs is 2. The van der Waals surface area contributed by atoms with Crippen molar-refractivity contribution in [2.24, 2.45) is 17.8 Å². The van der Waals surface area contributed by atoms with Crippen molar-refractivity contribution in [1.82, 2.24) is 0 Å². The van der Waals surface area contributed by atoms with Crippen LogP contribution in [-0.2, 0) is 10.8 Å². The van der Waals surface area contributed by atoms with Gasteiger partial charge in [-0.15, -0.1) is 0 Å². The highest BCUT2D eigenvalue weighted by Gasteiger charge is 2.39. The molecule has 2 nitrogen and oxygen atoms in total. The third-order valence-corrected chi connectivity index (χ3v) is 5.92. The van der Waals surface area contributed by atoms with Gasteiger partial charge >= 0.3 is 0 Å². The van der Waals surface area contributed by atoms with Gasteiger partial charge in [-0.05, 0) is 61.3 Å². The number of hydrogen-bond donors (Lipinski definition) is 1. The molecule has 2 bridgehead atoms. The van der Waals surface area contributed by atoms with E-state index in [9.17, 15) is 4.21 Å². The van der Waals surface area contributed by atoms with Crippen LogP contribution in [0.5, 0.6) is 0 Å². The summed E-state index contributed by atoms with van der Waals surface area (Å²) in [6.07, 6.45) is 5.49. The average molecular weight is 249 g/mol. The third kappa shape index (κ3) is 2.25. The second-order valence-electron chi connectivity index (χ2n) is 5.52. The van der Waals surface area contributed by atoms with Crippen LogP contribution in [0.25, 0.3) is 0 Å². The smallest absolute Gasteiger partial charge is 0.0532 e. The molecule has 4 atom stereocenters. The van der Waals surface area contributed by atoms with E-state index in [1.165, 1.54) is 25.7 Å². The minimum atomic E-state index is -0.839. The van der Waals surface area contributed by atoms with Crippen LogP contribution in [0, 0.1) is 17.8 Å². The summed E-state index contributed by atoms with van der Waals surface area (Å²) in [5, 5.41) is 0. The Kier molecular flexibility index (Phi) is 2.95. The van der Waals surface area contributed by atoms with Crippen molar-refractivity contribution < 1.29 is 4.21 Å². The summed E-state index contributed by atoms with van der Waals surface area (Å²) >= 11 is 0. The Balaban J connectivity index is 1.65. The van der Waals surface area contributed by atoms with E-state index in [0.29, 0.717) is 5.92 Å². The predicted octanol–water partition coefficient (Wildman–Crippen LogP) is 2.81. The lowest BCUT2D eigenvalue weighted by atomic mass is 9.90. The second-order valence-corrected chi connectivity index (χ2v) is 7.01. The molecule has 3 heteroatoms. The Bertz CT molecular complexity index is 428. The first-order valence-corrected chi connectivity index (χ1v) is 7.78. The van der Waals surface area contributed by atoms with Gasteiger partial charge in [-0.3, -0.25) is 4.21 Å². The number of anilines is 1. The zero-order valence-electron chi connectivity index (χ0n) is 9.97. The maximum Gasteiger partial charge on any atom is 0.0532 e. The van der Waals surface area contributed by atoms with Gasteiger partial charge in [0.2, 0.25) is 0 Å². The minimum absolute atomic E-state index is 0.701. The minimum Gasteiger partial charge on any atom is -0.399 e. The molecule has 3 rings (SSSR count). The van der Waals surface area contributed by atoms with E-state index in [1.54, 1.807) is 0 Å². The van der Waals surface area contributed by atoms with Crippen molar-refractivity contribution in [1.29, 1.82) is 0 Å². The van der Waals surface area contributed by atoms with Gasteiger partial charge in [0.05, 0.1) is 10.8 Å². The summed E-state index contributed by atoms with van der Waals surface area (Å²) in [7, 11) is -0.839. The molecule has 92 valence electrons. The Morgan fingerprint density at radius 2 is 1.94 bits per heavy atom. The van der Waals surface area contributed by atoms with Gasteiger partial charge in [0.25, 0.3) is 0 Å². The van der Waals surface area contributed by atoms with Crippen LogP contribution in [0.4, 0.5) is 5.69 Å². The molecule has 0 aliphatic heterocycles. The van der Waals surface area contributed by atoms with Crippen LogP contribution in [0.1, 0.15) is 25.7 Å². The quantitative estimate of drug-likeness (QED) is 0.837. The van der Waals surface area contributed by atoms with E-state index >= 15 is 0 Å². The number of benzene rings is 1. The molecule has 0 spiro atoms. The van der Waals surface area contributed by atoms with Gasteiger partial charge in [-0.25, -0.2) is 0 Å². The number of rotatable bonds is 3. The highest BCUT2D eigenvalue weighted by molar-refractivity contribution is 7.85. The molecule has 0 aromatic heterocycles. The van der Waals surface area contributed by atoms with Gasteiger partial charge in [0, 0.05) is 16.3 Å². The SMILES string of the molecule is Nc1ccc(S(=O)CC2CC3CCC2C3)cc1. The lowest BCUT2D eigenvalue weighted by Gasteiger charge is -2.20. The zero-order chi connectivity index (χ0) is 11.8. The molecular formula is C14H19NOS. The van der Waals surface area contributed by atoms with Crippen LogP contribution in [0.3, 0.4) is 0 Å². The molecule has 2 aliphatic carbocycles. The molecule has 2 fully saturated rings. The predicted molar refractivity (Wildman–Crippen MR) is 71.1 cm³/mol. The summed E-state index contributed by atoms with van der Waals surface area (Å²) < 4.78 is 12.3. The first kappa shape index (κ1) is 11.3. The highest BCUT2D eigenvalue weighted by Crippen LogP contribution is 2.48. The van der Waals surface area contributed by atoms with Gasteiger partial charge < -0.3 is 5.73 Å². The summed E-state index contributed by atoms with van der Waals surface area (Å²) in [6.45, 7) is 0. The molecule has 1 aromatic carbocycles. The van der Waals surface area contributed by atoms with Crippen molar-refractivity contribution in [2.75, 3.05) is 11.5 Å². The van der Waals surface area contributed by atoms with E-state index in [2.05, 4.69) is 0 Å². The summed E-state index contributed by atoms with van der Waals surface area (Å²) in [6, 6.07) is 7.49. The molecule has 2 N–H and O–H groups in total. The van der Waals surface area contributed by atoms with Crippen molar-refractivity contribution >= 4 is 16.5 Å². The van der Waals surface area contributed by atoms with Gasteiger partial charge in [0.1, 0.15) is 0 Å². The standard InChI is InChI=1S/C14H19NOS/c15-13-3-5-14(6-4-13)17(16)9-12-8-10-1-2-11(12)7-10/h3-6,10-12H,1-2,7-9,15H2. The molecule has 1 aromatic rings. The van der Waals surface area contributed by atoms with Gasteiger partial charge in [-0.1, -0.05) is 6.42 Å². The fourth-order valence-electron chi connectivity index (χ4n) is 3.49. The fourth-order valence-corrected chi connectivity index (χ4v) is 4.92. The number of nitrogens with two attached hydrogens (primary N) is 1. The average Bonchev–Trinajstić information content (AvgIpc) is 2.91. The molecule has 0 heterocycles. The number of hydrogen-bond acceptors (Lipinski definition) is 2. The van der Waals surface area contributed by atoms with Crippen molar-refractivity contribution in [3.63, 3.8) is 0 Å². The van der Waals surface area contributed by atoms with Crippen LogP contribution in [0.15, 0.2) is 29.2 Å². The molecular weight excluding hydrogens is 230 g/mol. The Morgan fingerprint density at radius 1 is 1.18 bits per heavy atom. The first-order valence-electron chi connectivity index (χ1n) is 6.46. The highest BCUT2D eigenvalue weighted by atomic mass is 32.2. The zero-order valence-corrected chi connectivity index (χ0v) is 10.8. The molecule has 4 unspecified atom stereocenters. The maximum atomic E-state index is 12.3. The second kappa shape index (κ2) is 4.45. The Labute approximate surface area is 105 Å². The number of nitrogen functional groups attached to an aromatic ring is 1. The van der Waals surface area contributed by atoms with Crippen LogP contribution >= 0.6 is 0 Å². The summed E-state index contributed by atoms with van der Waals surface area (Å²) in [5.74, 6) is 3.35. The van der Waals surface area contributed by atoms with Gasteiger partial charge in [-0.2, -0.15) is 0 Å². The first-order chi connectivity index (χ1) is 8.22. The van der Waals surface area contributed by atoms with E-state index in [-0.39, 0.29) is 0 Å². The van der Waals surface area contributed by atoms with E-state index in [0.717, 1.165) is 28.2 Å². The van der Waals surface area contributed by atoms with Crippen molar-refractivity contribution in [2.45, 2.75) is 30.6 Å². The summed E-state index contributed by atoms with van der Waals surface area (Å²) in [5.41, 5.74) is 6.38. The van der Waals surface area contributed by atoms with E-state index in [4.69, 9.17) is 5.73 Å². The normalized spacial score (nSPS) is 32.8. The van der Waals surface area contributed by atoms with E-state index < -0.39 is 10.8 Å². The van der Waals surface area contributed by atoms with Crippen molar-refractivity contribution in [3.8, 4) is 0 Å². The Morgan fingerprint density at radius 3 is 2.53 bits per heavy atom. The molecule has 17 heavy (non-hydrogen) atoms. The monoisotopic (exact) mass is 249 g/mol. The van der Waals surface area contributed by atoms with Crippen LogP contribution in [-0.4, -0.2) is 9.96 Å². The van der Waals surface area contributed by atoms with Gasteiger partial charge in [0.15, 0.2) is 0 Å². The van der Waals surface area contributed by atoms with Crippen LogP contribution < -0.4 is 5.73 Å². The van der Waals surface area contributed by atoms with Crippen molar-refractivity contribution in [3.05, 3.63) is 24.3 Å². The van der Waals surface area contributed by atoms with Crippen LogP contribution in [0.2, 0.25) is 0 Å². The molecule has 0 saturated heterocycles. The summed E-state index contributed by atoms with van der Waals surface area (Å²) in [4.78, 5) is 0.932. The Hall–Kier alpha value is -0.830. The molecule has 0 radical (unpaired) electrons. The third-order valence-electron chi connectivity index (χ3n) is 4.39.